The molecule has 0 amide bonds. The van der Waals surface area contributed by atoms with Gasteiger partial charge in [0.05, 0.1) is 0 Å². The smallest absolute Gasteiger partial charge is 0.280 e. The highest BCUT2D eigenvalue weighted by Gasteiger charge is 2.19. The van der Waals surface area contributed by atoms with E-state index in [1.54, 1.807) is 0 Å². The van der Waals surface area contributed by atoms with Crippen LogP contribution in [0, 0.1) is 0 Å². The van der Waals surface area contributed by atoms with Gasteiger partial charge in [-0.1, -0.05) is 6.92 Å². The fourth-order valence-corrected chi connectivity index (χ4v) is 1.51. The van der Waals surface area contributed by atoms with Crippen LogP contribution in [0.15, 0.2) is 6.20 Å². The summed E-state index contributed by atoms with van der Waals surface area (Å²) in [6.45, 7) is 4.23. The molecule has 0 aliphatic rings. The summed E-state index contributed by atoms with van der Waals surface area (Å²) >= 11 is 0. The zero-order valence-corrected chi connectivity index (χ0v) is 9.99. The normalized spacial score (nSPS) is 13.1. The van der Waals surface area contributed by atoms with E-state index in [1.165, 1.54) is 6.20 Å². The summed E-state index contributed by atoms with van der Waals surface area (Å²) in [6, 6.07) is 0. The minimum atomic E-state index is -2.64. The first-order valence-electron chi connectivity index (χ1n) is 5.59. The Bertz CT molecular complexity index is 361. The van der Waals surface area contributed by atoms with E-state index in [0.29, 0.717) is 18.9 Å². The van der Waals surface area contributed by atoms with E-state index >= 15 is 0 Å². The molecule has 0 fully saturated rings. The number of aromatic nitrogens is 2. The highest BCUT2D eigenvalue weighted by Crippen LogP contribution is 2.23. The second-order valence-corrected chi connectivity index (χ2v) is 3.50. The molecule has 0 aliphatic carbocycles. The molecular weight excluding hydrogens is 228 g/mol. The van der Waals surface area contributed by atoms with Crippen LogP contribution in [0.25, 0.3) is 0 Å². The van der Waals surface area contributed by atoms with E-state index in [0.717, 1.165) is 0 Å². The number of rotatable bonds is 6. The van der Waals surface area contributed by atoms with Crippen molar-refractivity contribution in [2.45, 2.75) is 39.3 Å². The minimum Gasteiger partial charge on any atom is -0.371 e. The fraction of sp³-hybridized carbons (Fsp3) is 0.636. The largest absolute Gasteiger partial charge is 0.371 e. The Morgan fingerprint density at radius 3 is 2.59 bits per heavy atom. The van der Waals surface area contributed by atoms with Crippen molar-refractivity contribution in [2.75, 3.05) is 6.61 Å². The Kier molecular flexibility index (Phi) is 5.37. The molecule has 0 saturated heterocycles. The monoisotopic (exact) mass is 245 g/mol. The summed E-state index contributed by atoms with van der Waals surface area (Å²) in [5, 5.41) is 0. The number of ether oxygens (including phenoxy) is 1. The Morgan fingerprint density at radius 2 is 2.12 bits per heavy atom. The van der Waals surface area contributed by atoms with Crippen molar-refractivity contribution in [1.82, 2.24) is 9.97 Å². The van der Waals surface area contributed by atoms with Crippen LogP contribution in [0.3, 0.4) is 0 Å². The van der Waals surface area contributed by atoms with Crippen molar-refractivity contribution in [3.63, 3.8) is 0 Å². The molecule has 6 heteroatoms. The van der Waals surface area contributed by atoms with Gasteiger partial charge < -0.3 is 10.5 Å². The van der Waals surface area contributed by atoms with Crippen molar-refractivity contribution in [3.05, 3.63) is 23.3 Å². The molecule has 4 nitrogen and oxygen atoms in total. The van der Waals surface area contributed by atoms with E-state index in [4.69, 9.17) is 10.5 Å². The first-order chi connectivity index (χ1) is 8.13. The van der Waals surface area contributed by atoms with Gasteiger partial charge in [-0.15, -0.1) is 0 Å². The first-order valence-corrected chi connectivity index (χ1v) is 5.59. The predicted octanol–water partition coefficient (Wildman–Crippen LogP) is 2.36. The summed E-state index contributed by atoms with van der Waals surface area (Å²) in [5.41, 5.74) is 5.34. The summed E-state index contributed by atoms with van der Waals surface area (Å²) in [4.78, 5) is 7.90. The Balaban J connectivity index is 3.05. The molecule has 1 aromatic heterocycles. The molecule has 0 bridgehead atoms. The predicted molar refractivity (Wildman–Crippen MR) is 59.5 cm³/mol. The number of nitrogens with two attached hydrogens (primary N) is 1. The van der Waals surface area contributed by atoms with Crippen molar-refractivity contribution in [1.29, 1.82) is 0 Å². The van der Waals surface area contributed by atoms with Crippen LogP contribution in [0.1, 0.15) is 49.9 Å². The van der Waals surface area contributed by atoms with Crippen molar-refractivity contribution in [3.8, 4) is 0 Å². The lowest BCUT2D eigenvalue weighted by Crippen LogP contribution is -2.13. The van der Waals surface area contributed by atoms with Gasteiger partial charge in [-0.2, -0.15) is 0 Å². The number of alkyl halides is 2. The van der Waals surface area contributed by atoms with E-state index in [-0.39, 0.29) is 23.9 Å². The second-order valence-electron chi connectivity index (χ2n) is 3.50. The molecule has 0 aliphatic heterocycles. The lowest BCUT2D eigenvalue weighted by Gasteiger charge is -2.15. The molecule has 1 rings (SSSR count). The minimum absolute atomic E-state index is 0.00534. The molecule has 0 spiro atoms. The average molecular weight is 245 g/mol. The molecule has 1 heterocycles. The standard InChI is InChI=1S/C11H17F2N3O/c1-3-8(17-4-2)11-15-6-7(5-14)9(16-11)10(12)13/h6,8,10H,3-5,14H2,1-2H3. The van der Waals surface area contributed by atoms with Crippen LogP contribution in [-0.2, 0) is 11.3 Å². The van der Waals surface area contributed by atoms with Gasteiger partial charge in [-0.05, 0) is 13.3 Å². The van der Waals surface area contributed by atoms with E-state index < -0.39 is 6.43 Å². The fourth-order valence-electron chi connectivity index (χ4n) is 1.51. The maximum atomic E-state index is 12.8. The molecule has 0 saturated carbocycles. The molecule has 1 atom stereocenters. The van der Waals surface area contributed by atoms with Crippen molar-refractivity contribution >= 4 is 0 Å². The Labute approximate surface area is 99.2 Å². The molecule has 17 heavy (non-hydrogen) atoms. The molecular formula is C11H17F2N3O. The van der Waals surface area contributed by atoms with Gasteiger partial charge in [0.25, 0.3) is 6.43 Å². The van der Waals surface area contributed by atoms with Gasteiger partial charge in [0, 0.05) is 24.9 Å². The zero-order valence-electron chi connectivity index (χ0n) is 9.99. The van der Waals surface area contributed by atoms with Gasteiger partial charge in [0.15, 0.2) is 5.82 Å². The van der Waals surface area contributed by atoms with Crippen molar-refractivity contribution in [2.24, 2.45) is 5.73 Å². The van der Waals surface area contributed by atoms with E-state index in [2.05, 4.69) is 9.97 Å². The molecule has 0 aromatic carbocycles. The SMILES string of the molecule is CCOC(CC)c1ncc(CN)c(C(F)F)n1. The maximum absolute atomic E-state index is 12.8. The third-order valence-corrected chi connectivity index (χ3v) is 2.37. The van der Waals surface area contributed by atoms with E-state index in [9.17, 15) is 8.78 Å². The van der Waals surface area contributed by atoms with Crippen molar-refractivity contribution < 1.29 is 13.5 Å². The third kappa shape index (κ3) is 3.41. The highest BCUT2D eigenvalue weighted by molar-refractivity contribution is 5.19. The Morgan fingerprint density at radius 1 is 1.41 bits per heavy atom. The molecule has 2 N–H and O–H groups in total. The third-order valence-electron chi connectivity index (χ3n) is 2.37. The Hall–Kier alpha value is -1.14. The summed E-state index contributed by atoms with van der Waals surface area (Å²) < 4.78 is 30.9. The molecule has 1 aromatic rings. The number of hydrogen-bond acceptors (Lipinski definition) is 4. The zero-order chi connectivity index (χ0) is 12.8. The number of halogens is 2. The van der Waals surface area contributed by atoms with Crippen LogP contribution in [0.2, 0.25) is 0 Å². The summed E-state index contributed by atoms with van der Waals surface area (Å²) in [5.74, 6) is 0.293. The van der Waals surface area contributed by atoms with Gasteiger partial charge in [-0.3, -0.25) is 0 Å². The molecule has 1 unspecified atom stereocenters. The molecule has 0 radical (unpaired) electrons. The lowest BCUT2D eigenvalue weighted by atomic mass is 10.2. The topological polar surface area (TPSA) is 61.0 Å². The van der Waals surface area contributed by atoms with E-state index in [1.807, 2.05) is 13.8 Å². The van der Waals surface area contributed by atoms with Gasteiger partial charge in [0.2, 0.25) is 0 Å². The van der Waals surface area contributed by atoms with Gasteiger partial charge >= 0.3 is 0 Å². The maximum Gasteiger partial charge on any atom is 0.280 e. The van der Waals surface area contributed by atoms with Gasteiger partial charge in [0.1, 0.15) is 11.8 Å². The quantitative estimate of drug-likeness (QED) is 0.835. The second kappa shape index (κ2) is 6.56. The average Bonchev–Trinajstić information content (AvgIpc) is 2.35. The summed E-state index contributed by atoms with van der Waals surface area (Å²) in [7, 11) is 0. The van der Waals surface area contributed by atoms with Crippen LogP contribution >= 0.6 is 0 Å². The molecule has 96 valence electrons. The van der Waals surface area contributed by atoms with Gasteiger partial charge in [-0.25, -0.2) is 18.7 Å². The number of hydrogen-bond donors (Lipinski definition) is 1. The van der Waals surface area contributed by atoms with Crippen LogP contribution in [-0.4, -0.2) is 16.6 Å². The number of nitrogens with zero attached hydrogens (tertiary/aromatic N) is 2. The van der Waals surface area contributed by atoms with Crippen LogP contribution < -0.4 is 5.73 Å². The first kappa shape index (κ1) is 13.9. The summed E-state index contributed by atoms with van der Waals surface area (Å²) in [6.07, 6.45) is -0.997. The highest BCUT2D eigenvalue weighted by atomic mass is 19.3. The van der Waals surface area contributed by atoms with Crippen LogP contribution in [0.5, 0.6) is 0 Å². The lowest BCUT2D eigenvalue weighted by molar-refractivity contribution is 0.0523. The van der Waals surface area contributed by atoms with Crippen LogP contribution in [0.4, 0.5) is 8.78 Å².